The van der Waals surface area contributed by atoms with Crippen LogP contribution in [0, 0.1) is 22.3 Å². The summed E-state index contributed by atoms with van der Waals surface area (Å²) in [5.74, 6) is 0. The number of halogens is 2. The van der Waals surface area contributed by atoms with Gasteiger partial charge in [0.05, 0.1) is 0 Å². The van der Waals surface area contributed by atoms with E-state index in [2.05, 4.69) is 72.2 Å². The van der Waals surface area contributed by atoms with Gasteiger partial charge < -0.3 is 32.9 Å². The van der Waals surface area contributed by atoms with E-state index in [1.54, 1.807) is 12.4 Å². The minimum atomic E-state index is 0. The van der Waals surface area contributed by atoms with Gasteiger partial charge in [0, 0.05) is 37.2 Å². The van der Waals surface area contributed by atoms with Crippen LogP contribution in [0.15, 0.2) is 36.7 Å². The predicted molar refractivity (Wildman–Crippen MR) is 141 cm³/mol. The number of benzene rings is 1. The Morgan fingerprint density at radius 2 is 0.926 bits per heavy atom. The molecule has 1 aromatic carbocycles. The van der Waals surface area contributed by atoms with E-state index in [4.69, 9.17) is 3.67 Å². The number of hydrogen-bond acceptors (Lipinski definition) is 1. The average Bonchev–Trinajstić information content (AvgIpc) is 2.75. The second-order valence-corrected chi connectivity index (χ2v) is 3.22. The fourth-order valence-corrected chi connectivity index (χ4v) is 1.68. The molecule has 0 saturated heterocycles. The summed E-state index contributed by atoms with van der Waals surface area (Å²) in [5.41, 5.74) is 1.95. The molecule has 0 N–H and O–H groups in total. The molecule has 0 unspecified atom stereocenters. The van der Waals surface area contributed by atoms with E-state index in [0.717, 1.165) is 39.2 Å². The topological polar surface area (TPSA) is 45.3 Å². The molecule has 3 nitrogen and oxygen atoms in total. The molecule has 0 amide bonds. The first-order chi connectivity index (χ1) is 11.9. The fourth-order valence-electron chi connectivity index (χ4n) is 1.68. The van der Waals surface area contributed by atoms with Gasteiger partial charge >= 0.3 is 21.0 Å². The summed E-state index contributed by atoms with van der Waals surface area (Å²) < 4.78 is 8.19. The van der Waals surface area contributed by atoms with Gasteiger partial charge in [-0.2, -0.15) is 12.4 Å². The van der Waals surface area contributed by atoms with Gasteiger partial charge in [-0.15, -0.1) is 11.4 Å². The second-order valence-electron chi connectivity index (χ2n) is 3.22. The van der Waals surface area contributed by atoms with Crippen LogP contribution in [-0.4, -0.2) is 0 Å². The van der Waals surface area contributed by atoms with Crippen molar-refractivity contribution in [2.45, 2.75) is 41.5 Å². The van der Waals surface area contributed by atoms with E-state index in [-0.39, 0.29) is 22.3 Å². The van der Waals surface area contributed by atoms with Crippen molar-refractivity contribution in [2.75, 3.05) is 0 Å². The van der Waals surface area contributed by atoms with Crippen LogP contribution in [0.4, 0.5) is 11.4 Å². The van der Waals surface area contributed by atoms with Crippen molar-refractivity contribution in [2.24, 2.45) is 0 Å². The Bertz CT molecular complexity index is 538. The third kappa shape index (κ3) is 15.5. The molecule has 0 spiro atoms. The summed E-state index contributed by atoms with van der Waals surface area (Å²) in [7, 11) is 0. The molecule has 0 radical (unpaired) electrons. The standard InChI is InChI=1S/C12H8N2.3C2H6.3CH3.I2.O.V/c1-3-9-5-6-10-4-2-8-14-12(10)11(9)13-7-1;3*1-2;;;;1-2;;/h1-8H;3*1-2H3;3*1H3;;;/q-2;;;;3*-1;;;. The Labute approximate surface area is 201 Å². The summed E-state index contributed by atoms with van der Waals surface area (Å²) in [6.07, 6.45) is 11.6. The van der Waals surface area contributed by atoms with Crippen molar-refractivity contribution in [1.29, 1.82) is 0 Å². The molecule has 0 fully saturated rings. The van der Waals surface area contributed by atoms with Gasteiger partial charge in [-0.1, -0.05) is 78.0 Å². The van der Waals surface area contributed by atoms with Crippen molar-refractivity contribution in [3.63, 3.8) is 0 Å². The van der Waals surface area contributed by atoms with Gasteiger partial charge in [-0.05, 0) is 10.4 Å². The van der Waals surface area contributed by atoms with Gasteiger partial charge in [0.15, 0.2) is 0 Å². The SMILES string of the molecule is C1=C[N-]c2c3c(ccc2=C1)=CC=C[N-]3.CC.CC.CC.II.[CH3-].[CH3-].[CH3-].[O]=[V]. The molecule has 3 rings (SSSR count). The van der Waals surface area contributed by atoms with Crippen LogP contribution in [0.2, 0.25) is 0 Å². The predicted octanol–water partition coefficient (Wildman–Crippen LogP) is 8.39. The van der Waals surface area contributed by atoms with E-state index in [1.807, 2.05) is 53.7 Å². The summed E-state index contributed by atoms with van der Waals surface area (Å²) >= 11 is 5.30. The first kappa shape index (κ1) is 41.3. The number of allylic oxidation sites excluding steroid dienone is 2. The van der Waals surface area contributed by atoms with Gasteiger partial charge in [0.2, 0.25) is 0 Å². The second kappa shape index (κ2) is 33.5. The molecule has 27 heavy (non-hydrogen) atoms. The number of fused-ring (bicyclic) bond motifs is 3. The van der Waals surface area contributed by atoms with Crippen LogP contribution < -0.4 is 10.4 Å². The molecule has 159 valence electrons. The number of nitrogens with zero attached hydrogens (tertiary/aromatic N) is 2. The Morgan fingerprint density at radius 3 is 1.19 bits per heavy atom. The third-order valence-electron chi connectivity index (χ3n) is 2.34. The van der Waals surface area contributed by atoms with Gasteiger partial charge in [-0.3, -0.25) is 0 Å². The molecule has 0 aromatic heterocycles. The summed E-state index contributed by atoms with van der Waals surface area (Å²) in [6.45, 7) is 12.0. The van der Waals surface area contributed by atoms with Gasteiger partial charge in [0.1, 0.15) is 0 Å². The zero-order valence-corrected chi connectivity index (χ0v) is 23.8. The molecular weight excluding hydrogens is 601 g/mol. The Hall–Kier alpha value is -0.116. The monoisotopic (exact) mass is 636 g/mol. The number of hydrogen-bond donors (Lipinski definition) is 0. The van der Waals surface area contributed by atoms with E-state index < -0.39 is 0 Å². The van der Waals surface area contributed by atoms with E-state index in [9.17, 15) is 0 Å². The summed E-state index contributed by atoms with van der Waals surface area (Å²) in [4.78, 5) is 0. The quantitative estimate of drug-likeness (QED) is 0.209. The van der Waals surface area contributed by atoms with E-state index >= 15 is 0 Å². The van der Waals surface area contributed by atoms with Crippen LogP contribution in [-0.2, 0) is 21.0 Å². The van der Waals surface area contributed by atoms with Crippen molar-refractivity contribution < 1.29 is 21.0 Å². The first-order valence-electron chi connectivity index (χ1n) is 7.86. The first-order valence-corrected chi connectivity index (χ1v) is 14.7. The zero-order chi connectivity index (χ0) is 19.4. The third-order valence-corrected chi connectivity index (χ3v) is 2.34. The van der Waals surface area contributed by atoms with Crippen molar-refractivity contribution in [1.82, 2.24) is 0 Å². The Morgan fingerprint density at radius 1 is 0.667 bits per heavy atom. The van der Waals surface area contributed by atoms with E-state index in [1.165, 1.54) is 0 Å². The zero-order valence-electron chi connectivity index (χ0n) is 18.1. The minimum absolute atomic E-state index is 0. The molecule has 2 aliphatic rings. The maximum absolute atomic E-state index is 8.19. The summed E-state index contributed by atoms with van der Waals surface area (Å²) in [5, 5.41) is 11.0. The van der Waals surface area contributed by atoms with Crippen molar-refractivity contribution in [3.8, 4) is 0 Å². The summed E-state index contributed by atoms with van der Waals surface area (Å²) in [6, 6.07) is 4.15. The van der Waals surface area contributed by atoms with Crippen molar-refractivity contribution in [3.05, 3.63) is 80.0 Å². The molecule has 0 atom stereocenters. The van der Waals surface area contributed by atoms with Crippen LogP contribution in [0.5, 0.6) is 0 Å². The Kier molecular flexibility index (Phi) is 51.2. The maximum atomic E-state index is 8.19. The average molecular weight is 636 g/mol. The molecule has 2 aliphatic heterocycles. The Balaban J connectivity index is -0.0000000751. The van der Waals surface area contributed by atoms with Crippen LogP contribution in [0.1, 0.15) is 41.5 Å². The molecule has 0 saturated carbocycles. The molecular formula is C21H35I2N2OV-5. The fraction of sp³-hybridized carbons (Fsp3) is 0.286. The van der Waals surface area contributed by atoms with Gasteiger partial charge in [-0.25, -0.2) is 0 Å². The molecule has 6 heteroatoms. The molecule has 0 bridgehead atoms. The van der Waals surface area contributed by atoms with Gasteiger partial charge in [0.25, 0.3) is 0 Å². The van der Waals surface area contributed by atoms with Crippen LogP contribution in [0.3, 0.4) is 0 Å². The normalized spacial score (nSPS) is 9.00. The molecule has 1 aromatic rings. The van der Waals surface area contributed by atoms with E-state index in [0.29, 0.717) is 0 Å². The molecule has 2 heterocycles. The number of rotatable bonds is 0. The van der Waals surface area contributed by atoms with Crippen LogP contribution in [0.25, 0.3) is 22.8 Å². The van der Waals surface area contributed by atoms with Crippen molar-refractivity contribution >= 4 is 60.8 Å². The molecule has 0 aliphatic carbocycles. The van der Waals surface area contributed by atoms with Crippen LogP contribution >= 0.6 is 37.2 Å².